The summed E-state index contributed by atoms with van der Waals surface area (Å²) in [6.45, 7) is 13.3. The van der Waals surface area contributed by atoms with Crippen molar-refractivity contribution in [2.45, 2.75) is 13.8 Å². The zero-order chi connectivity index (χ0) is 16.4. The van der Waals surface area contributed by atoms with Gasteiger partial charge in [0.25, 0.3) is 0 Å². The number of piperazine rings is 1. The summed E-state index contributed by atoms with van der Waals surface area (Å²) in [5, 5.41) is 8.26. The molecule has 2 aliphatic rings. The molecule has 0 radical (unpaired) electrons. The molecule has 0 bridgehead atoms. The van der Waals surface area contributed by atoms with Crippen molar-refractivity contribution in [2.75, 3.05) is 44.8 Å². The Bertz CT molecular complexity index is 609. The smallest absolute Gasteiger partial charge is 0.157 e. The molecule has 0 atom stereocenters. The molecule has 1 fully saturated rings. The predicted molar refractivity (Wildman–Crippen MR) is 95.0 cm³/mol. The summed E-state index contributed by atoms with van der Waals surface area (Å²) in [6.07, 6.45) is 2.01. The number of anilines is 1. The number of benzene rings is 1. The molecule has 0 unspecified atom stereocenters. The highest BCUT2D eigenvalue weighted by atomic mass is 16.7. The first-order chi connectivity index (χ1) is 11.1. The SMILES string of the molecule is C=C1ON(CNC)C=C1c1cc(C)c(N2CCNCC2)c(C)c1. The van der Waals surface area contributed by atoms with E-state index < -0.39 is 0 Å². The molecular weight excluding hydrogens is 288 g/mol. The molecule has 2 heterocycles. The molecule has 1 aromatic carbocycles. The fourth-order valence-corrected chi connectivity index (χ4v) is 3.40. The highest BCUT2D eigenvalue weighted by Crippen LogP contribution is 2.34. The van der Waals surface area contributed by atoms with E-state index in [9.17, 15) is 0 Å². The van der Waals surface area contributed by atoms with E-state index in [-0.39, 0.29) is 0 Å². The van der Waals surface area contributed by atoms with Crippen LogP contribution >= 0.6 is 0 Å². The van der Waals surface area contributed by atoms with Crippen molar-refractivity contribution in [3.8, 4) is 0 Å². The van der Waals surface area contributed by atoms with Gasteiger partial charge in [0.15, 0.2) is 5.76 Å². The van der Waals surface area contributed by atoms with Crippen molar-refractivity contribution < 1.29 is 4.84 Å². The molecule has 0 saturated carbocycles. The molecule has 2 aliphatic heterocycles. The van der Waals surface area contributed by atoms with E-state index in [0.29, 0.717) is 12.4 Å². The van der Waals surface area contributed by atoms with Crippen molar-refractivity contribution in [1.29, 1.82) is 0 Å². The summed E-state index contributed by atoms with van der Waals surface area (Å²) in [5.41, 5.74) is 6.21. The van der Waals surface area contributed by atoms with Gasteiger partial charge in [0.1, 0.15) is 6.67 Å². The van der Waals surface area contributed by atoms with Crippen LogP contribution in [0.3, 0.4) is 0 Å². The van der Waals surface area contributed by atoms with Gasteiger partial charge in [0.05, 0.1) is 6.20 Å². The summed E-state index contributed by atoms with van der Waals surface area (Å²) in [5.74, 6) is 0.703. The number of nitrogens with one attached hydrogen (secondary N) is 2. The van der Waals surface area contributed by atoms with Crippen LogP contribution in [0.4, 0.5) is 5.69 Å². The lowest BCUT2D eigenvalue weighted by atomic mass is 9.97. The minimum absolute atomic E-state index is 0.638. The third kappa shape index (κ3) is 3.21. The zero-order valence-corrected chi connectivity index (χ0v) is 14.3. The third-order valence-corrected chi connectivity index (χ3v) is 4.35. The Kier molecular flexibility index (Phi) is 4.59. The van der Waals surface area contributed by atoms with Gasteiger partial charge >= 0.3 is 0 Å². The van der Waals surface area contributed by atoms with Crippen LogP contribution in [-0.2, 0) is 4.84 Å². The minimum Gasteiger partial charge on any atom is -0.379 e. The Morgan fingerprint density at radius 3 is 2.48 bits per heavy atom. The lowest BCUT2D eigenvalue weighted by molar-refractivity contribution is -0.0580. The molecule has 0 aliphatic carbocycles. The number of hydrogen-bond donors (Lipinski definition) is 2. The maximum Gasteiger partial charge on any atom is 0.157 e. The predicted octanol–water partition coefficient (Wildman–Crippen LogP) is 1.99. The van der Waals surface area contributed by atoms with Gasteiger partial charge in [-0.15, -0.1) is 0 Å². The third-order valence-electron chi connectivity index (χ3n) is 4.35. The van der Waals surface area contributed by atoms with Crippen molar-refractivity contribution in [3.63, 3.8) is 0 Å². The van der Waals surface area contributed by atoms with E-state index >= 15 is 0 Å². The maximum atomic E-state index is 5.66. The number of allylic oxidation sites excluding steroid dienone is 1. The van der Waals surface area contributed by atoms with Crippen LogP contribution in [0.1, 0.15) is 16.7 Å². The summed E-state index contributed by atoms with van der Waals surface area (Å²) in [6, 6.07) is 4.49. The molecule has 0 amide bonds. The number of rotatable bonds is 4. The number of hydrogen-bond acceptors (Lipinski definition) is 5. The molecule has 23 heavy (non-hydrogen) atoms. The zero-order valence-electron chi connectivity index (χ0n) is 14.3. The lowest BCUT2D eigenvalue weighted by Crippen LogP contribution is -2.44. The van der Waals surface area contributed by atoms with Gasteiger partial charge < -0.3 is 20.4 Å². The van der Waals surface area contributed by atoms with Crippen LogP contribution in [0.15, 0.2) is 30.7 Å². The Morgan fingerprint density at radius 1 is 1.22 bits per heavy atom. The average Bonchev–Trinajstić information content (AvgIpc) is 2.89. The first kappa shape index (κ1) is 15.9. The largest absolute Gasteiger partial charge is 0.379 e. The molecule has 5 heteroatoms. The second-order valence-electron chi connectivity index (χ2n) is 6.18. The van der Waals surface area contributed by atoms with E-state index in [1.807, 2.05) is 13.2 Å². The molecular formula is C18H26N4O. The van der Waals surface area contributed by atoms with E-state index in [1.54, 1.807) is 5.06 Å². The monoisotopic (exact) mass is 314 g/mol. The number of hydroxylamine groups is 2. The molecule has 3 rings (SSSR count). The number of aryl methyl sites for hydroxylation is 2. The normalized spacial score (nSPS) is 18.2. The Hall–Kier alpha value is -1.98. The summed E-state index contributed by atoms with van der Waals surface area (Å²) >= 11 is 0. The fraction of sp³-hybridized carbons (Fsp3) is 0.444. The molecule has 1 aromatic rings. The highest BCUT2D eigenvalue weighted by Gasteiger charge is 2.22. The Labute approximate surface area is 138 Å². The van der Waals surface area contributed by atoms with E-state index in [2.05, 4.69) is 48.1 Å². The molecule has 0 spiro atoms. The quantitative estimate of drug-likeness (QED) is 0.889. The minimum atomic E-state index is 0.638. The van der Waals surface area contributed by atoms with Gasteiger partial charge in [-0.25, -0.2) is 5.06 Å². The Balaban J connectivity index is 1.90. The van der Waals surface area contributed by atoms with Gasteiger partial charge in [-0.3, -0.25) is 0 Å². The van der Waals surface area contributed by atoms with Crippen molar-refractivity contribution in [3.05, 3.63) is 47.4 Å². The summed E-state index contributed by atoms with van der Waals surface area (Å²) in [4.78, 5) is 8.14. The van der Waals surface area contributed by atoms with Crippen molar-refractivity contribution >= 4 is 11.3 Å². The van der Waals surface area contributed by atoms with Gasteiger partial charge in [-0.05, 0) is 49.7 Å². The van der Waals surface area contributed by atoms with Gasteiger partial charge in [-0.2, -0.15) is 0 Å². The van der Waals surface area contributed by atoms with Gasteiger partial charge in [-0.1, -0.05) is 6.58 Å². The van der Waals surface area contributed by atoms with E-state index in [1.165, 1.54) is 22.4 Å². The highest BCUT2D eigenvalue weighted by molar-refractivity contribution is 5.80. The second-order valence-corrected chi connectivity index (χ2v) is 6.18. The lowest BCUT2D eigenvalue weighted by Gasteiger charge is -2.32. The van der Waals surface area contributed by atoms with Gasteiger partial charge in [0.2, 0.25) is 0 Å². The van der Waals surface area contributed by atoms with Crippen molar-refractivity contribution in [2.24, 2.45) is 0 Å². The van der Waals surface area contributed by atoms with E-state index in [0.717, 1.165) is 31.8 Å². The van der Waals surface area contributed by atoms with Gasteiger partial charge in [0, 0.05) is 37.4 Å². The Morgan fingerprint density at radius 2 is 1.87 bits per heavy atom. The van der Waals surface area contributed by atoms with E-state index in [4.69, 9.17) is 4.84 Å². The fourth-order valence-electron chi connectivity index (χ4n) is 3.40. The molecule has 124 valence electrons. The molecule has 5 nitrogen and oxygen atoms in total. The standard InChI is InChI=1S/C18H26N4O/c1-13-9-16(17-11-22(12-19-4)23-15(17)3)10-14(2)18(13)21-7-5-20-6-8-21/h9-11,19-20H,3,5-8,12H2,1-2,4H3. The molecule has 0 aromatic heterocycles. The van der Waals surface area contributed by atoms with Crippen molar-refractivity contribution in [1.82, 2.24) is 15.7 Å². The topological polar surface area (TPSA) is 39.8 Å². The van der Waals surface area contributed by atoms with Crippen LogP contribution in [0, 0.1) is 13.8 Å². The van der Waals surface area contributed by atoms with Crippen LogP contribution < -0.4 is 15.5 Å². The maximum absolute atomic E-state index is 5.66. The summed E-state index contributed by atoms with van der Waals surface area (Å²) < 4.78 is 0. The summed E-state index contributed by atoms with van der Waals surface area (Å²) in [7, 11) is 1.90. The van der Waals surface area contributed by atoms with Crippen LogP contribution in [0.5, 0.6) is 0 Å². The van der Waals surface area contributed by atoms with Crippen LogP contribution in [0.2, 0.25) is 0 Å². The first-order valence-corrected chi connectivity index (χ1v) is 8.17. The molecule has 1 saturated heterocycles. The molecule has 2 N–H and O–H groups in total. The van der Waals surface area contributed by atoms with Crippen LogP contribution in [-0.4, -0.2) is 45.0 Å². The average molecular weight is 314 g/mol. The van der Waals surface area contributed by atoms with Crippen LogP contribution in [0.25, 0.3) is 5.57 Å². The second kappa shape index (κ2) is 6.64. The first-order valence-electron chi connectivity index (χ1n) is 8.17. The number of nitrogens with zero attached hydrogens (tertiary/aromatic N) is 2.